The first kappa shape index (κ1) is 24.8. The number of nitrogens with zero attached hydrogens (tertiary/aromatic N) is 3. The lowest BCUT2D eigenvalue weighted by molar-refractivity contribution is -0.130. The van der Waals surface area contributed by atoms with Crippen LogP contribution in [0.2, 0.25) is 0 Å². The molecule has 0 atom stereocenters. The maximum Gasteiger partial charge on any atom is 0.247 e. The van der Waals surface area contributed by atoms with E-state index < -0.39 is 35.0 Å². The summed E-state index contributed by atoms with van der Waals surface area (Å²) in [7, 11) is 0. The van der Waals surface area contributed by atoms with E-state index in [0.717, 1.165) is 28.7 Å². The van der Waals surface area contributed by atoms with Gasteiger partial charge in [-0.1, -0.05) is 25.1 Å². The lowest BCUT2D eigenvalue weighted by Gasteiger charge is -2.20. The summed E-state index contributed by atoms with van der Waals surface area (Å²) in [5.41, 5.74) is 2.76. The van der Waals surface area contributed by atoms with Crippen molar-refractivity contribution < 1.29 is 22.8 Å². The van der Waals surface area contributed by atoms with Crippen LogP contribution >= 0.6 is 0 Å². The summed E-state index contributed by atoms with van der Waals surface area (Å²) < 4.78 is 42.1. The highest BCUT2D eigenvalue weighted by Crippen LogP contribution is 2.20. The zero-order chi connectivity index (χ0) is 24.8. The molecule has 2 amide bonds. The highest BCUT2D eigenvalue weighted by Gasteiger charge is 2.19. The fraction of sp³-hybridized carbons (Fsp3) is 0.240. The van der Waals surface area contributed by atoms with Crippen molar-refractivity contribution in [2.24, 2.45) is 0 Å². The second-order valence-electron chi connectivity index (χ2n) is 7.70. The third-order valence-electron chi connectivity index (χ3n) is 5.19. The number of aromatic nitrogens is 2. The molecule has 2 aromatic carbocycles. The van der Waals surface area contributed by atoms with Gasteiger partial charge in [0.25, 0.3) is 0 Å². The number of amides is 2. The molecule has 0 aliphatic carbocycles. The van der Waals surface area contributed by atoms with Crippen molar-refractivity contribution in [3.8, 4) is 5.69 Å². The fourth-order valence-corrected chi connectivity index (χ4v) is 3.50. The van der Waals surface area contributed by atoms with Crippen LogP contribution in [0.1, 0.15) is 30.3 Å². The summed E-state index contributed by atoms with van der Waals surface area (Å²) in [6.45, 7) is 5.47. The maximum atomic E-state index is 13.8. The van der Waals surface area contributed by atoms with Crippen LogP contribution < -0.4 is 5.32 Å². The van der Waals surface area contributed by atoms with Crippen molar-refractivity contribution in [2.45, 2.75) is 27.2 Å². The maximum absolute atomic E-state index is 13.8. The van der Waals surface area contributed by atoms with Crippen molar-refractivity contribution in [2.75, 3.05) is 18.4 Å². The SMILES string of the molecule is CCCN(CC(=O)Nc1ccc(F)c(F)c1F)C(=O)/C=C/c1c(C)nn(-c2ccccc2)c1C. The minimum Gasteiger partial charge on any atom is -0.330 e. The standard InChI is InChI=1S/C25H25F3N4O2/c1-4-14-31(15-22(33)29-21-12-11-20(26)24(27)25(21)28)23(34)13-10-19-16(2)30-32(17(19)3)18-8-6-5-7-9-18/h5-13H,4,14-15H2,1-3H3,(H,29,33)/b13-10+. The van der Waals surface area contributed by atoms with Gasteiger partial charge in [0, 0.05) is 23.9 Å². The largest absolute Gasteiger partial charge is 0.330 e. The Morgan fingerprint density at radius 3 is 2.44 bits per heavy atom. The van der Waals surface area contributed by atoms with Gasteiger partial charge in [-0.3, -0.25) is 9.59 Å². The molecule has 34 heavy (non-hydrogen) atoms. The predicted octanol–water partition coefficient (Wildman–Crippen LogP) is 4.80. The lowest BCUT2D eigenvalue weighted by atomic mass is 10.1. The summed E-state index contributed by atoms with van der Waals surface area (Å²) in [6, 6.07) is 11.2. The highest BCUT2D eigenvalue weighted by molar-refractivity contribution is 5.98. The Kier molecular flexibility index (Phi) is 7.88. The zero-order valence-electron chi connectivity index (χ0n) is 19.1. The van der Waals surface area contributed by atoms with Crippen LogP contribution in [0, 0.1) is 31.3 Å². The van der Waals surface area contributed by atoms with Gasteiger partial charge in [0.15, 0.2) is 17.5 Å². The van der Waals surface area contributed by atoms with E-state index in [1.807, 2.05) is 51.1 Å². The van der Waals surface area contributed by atoms with E-state index in [9.17, 15) is 22.8 Å². The third kappa shape index (κ3) is 5.54. The number of para-hydroxylation sites is 1. The Morgan fingerprint density at radius 2 is 1.76 bits per heavy atom. The number of rotatable bonds is 8. The Labute approximate surface area is 195 Å². The van der Waals surface area contributed by atoms with Gasteiger partial charge in [-0.05, 0) is 50.6 Å². The Balaban J connectivity index is 1.73. The monoisotopic (exact) mass is 470 g/mol. The van der Waals surface area contributed by atoms with Crippen LogP contribution in [0.4, 0.5) is 18.9 Å². The van der Waals surface area contributed by atoms with Gasteiger partial charge in [-0.15, -0.1) is 0 Å². The van der Waals surface area contributed by atoms with Crippen LogP contribution in [-0.2, 0) is 9.59 Å². The normalized spacial score (nSPS) is 11.1. The number of nitrogens with one attached hydrogen (secondary N) is 1. The van der Waals surface area contributed by atoms with Crippen molar-refractivity contribution in [3.63, 3.8) is 0 Å². The molecule has 0 aliphatic rings. The second-order valence-corrected chi connectivity index (χ2v) is 7.70. The second kappa shape index (κ2) is 10.8. The smallest absolute Gasteiger partial charge is 0.247 e. The number of aryl methyl sites for hydroxylation is 1. The molecular weight excluding hydrogens is 445 g/mol. The van der Waals surface area contributed by atoms with Gasteiger partial charge in [0.2, 0.25) is 11.8 Å². The first-order chi connectivity index (χ1) is 16.2. The van der Waals surface area contributed by atoms with Crippen LogP contribution in [0.3, 0.4) is 0 Å². The third-order valence-corrected chi connectivity index (χ3v) is 5.19. The molecule has 0 radical (unpaired) electrons. The highest BCUT2D eigenvalue weighted by atomic mass is 19.2. The molecule has 1 aromatic heterocycles. The Hall–Kier alpha value is -3.88. The molecule has 0 bridgehead atoms. The number of benzene rings is 2. The summed E-state index contributed by atoms with van der Waals surface area (Å²) in [4.78, 5) is 26.5. The van der Waals surface area contributed by atoms with Crippen LogP contribution in [0.5, 0.6) is 0 Å². The molecule has 0 unspecified atom stereocenters. The van der Waals surface area contributed by atoms with Crippen molar-refractivity contribution in [1.29, 1.82) is 0 Å². The average Bonchev–Trinajstić information content (AvgIpc) is 3.11. The van der Waals surface area contributed by atoms with E-state index in [1.54, 1.807) is 10.8 Å². The van der Waals surface area contributed by atoms with Crippen LogP contribution in [0.15, 0.2) is 48.5 Å². The summed E-state index contributed by atoms with van der Waals surface area (Å²) in [5, 5.41) is 6.72. The molecule has 3 rings (SSSR count). The van der Waals surface area contributed by atoms with E-state index in [2.05, 4.69) is 10.4 Å². The van der Waals surface area contributed by atoms with E-state index >= 15 is 0 Å². The van der Waals surface area contributed by atoms with Gasteiger partial charge in [-0.2, -0.15) is 5.10 Å². The number of carbonyl (C=O) groups is 2. The number of carbonyl (C=O) groups excluding carboxylic acids is 2. The first-order valence-corrected chi connectivity index (χ1v) is 10.7. The van der Waals surface area contributed by atoms with Crippen molar-refractivity contribution in [3.05, 3.63) is 82.9 Å². The molecule has 0 fully saturated rings. The molecule has 3 aromatic rings. The molecule has 0 aliphatic heterocycles. The Bertz CT molecular complexity index is 1220. The van der Waals surface area contributed by atoms with Crippen LogP contribution in [0.25, 0.3) is 11.8 Å². The molecule has 178 valence electrons. The topological polar surface area (TPSA) is 67.2 Å². The van der Waals surface area contributed by atoms with E-state index in [-0.39, 0.29) is 13.1 Å². The fourth-order valence-electron chi connectivity index (χ4n) is 3.50. The number of anilines is 1. The van der Waals surface area contributed by atoms with Crippen LogP contribution in [-0.4, -0.2) is 39.6 Å². The van der Waals surface area contributed by atoms with Gasteiger partial charge in [0.1, 0.15) is 6.54 Å². The number of halogens is 3. The summed E-state index contributed by atoms with van der Waals surface area (Å²) >= 11 is 0. The predicted molar refractivity (Wildman–Crippen MR) is 124 cm³/mol. The van der Waals surface area contributed by atoms with E-state index in [4.69, 9.17) is 0 Å². The van der Waals surface area contributed by atoms with Crippen molar-refractivity contribution in [1.82, 2.24) is 14.7 Å². The minimum atomic E-state index is -1.68. The minimum absolute atomic E-state index is 0.276. The lowest BCUT2D eigenvalue weighted by Crippen LogP contribution is -2.37. The molecule has 0 saturated carbocycles. The summed E-state index contributed by atoms with van der Waals surface area (Å²) in [5.74, 6) is -5.69. The van der Waals surface area contributed by atoms with Gasteiger partial charge in [-0.25, -0.2) is 17.9 Å². The average molecular weight is 470 g/mol. The number of hydrogen-bond acceptors (Lipinski definition) is 3. The first-order valence-electron chi connectivity index (χ1n) is 10.7. The zero-order valence-corrected chi connectivity index (χ0v) is 19.1. The van der Waals surface area contributed by atoms with Gasteiger partial charge >= 0.3 is 0 Å². The van der Waals surface area contributed by atoms with E-state index in [0.29, 0.717) is 12.5 Å². The van der Waals surface area contributed by atoms with Crippen molar-refractivity contribution >= 4 is 23.6 Å². The molecular formula is C25H25F3N4O2. The summed E-state index contributed by atoms with van der Waals surface area (Å²) in [6.07, 6.45) is 3.58. The van der Waals surface area contributed by atoms with E-state index in [1.165, 1.54) is 11.0 Å². The molecule has 0 saturated heterocycles. The Morgan fingerprint density at radius 1 is 1.06 bits per heavy atom. The molecule has 9 heteroatoms. The molecule has 1 N–H and O–H groups in total. The molecule has 0 spiro atoms. The molecule has 6 nitrogen and oxygen atoms in total. The van der Waals surface area contributed by atoms with Gasteiger partial charge in [0.05, 0.1) is 17.1 Å². The quantitative estimate of drug-likeness (QED) is 0.380. The number of hydrogen-bond donors (Lipinski definition) is 1. The van der Waals surface area contributed by atoms with Gasteiger partial charge < -0.3 is 10.2 Å². The molecule has 1 heterocycles.